The van der Waals surface area contributed by atoms with Gasteiger partial charge in [0.1, 0.15) is 0 Å². The van der Waals surface area contributed by atoms with Crippen LogP contribution >= 0.6 is 0 Å². The highest BCUT2D eigenvalue weighted by molar-refractivity contribution is 5.82. The number of unbranched alkanes of at least 4 members (excludes halogenated alkanes) is 1. The summed E-state index contributed by atoms with van der Waals surface area (Å²) in [6, 6.07) is 8.19. The van der Waals surface area contributed by atoms with Crippen molar-refractivity contribution in [3.8, 4) is 0 Å². The van der Waals surface area contributed by atoms with Crippen LogP contribution in [0, 0.1) is 0 Å². The van der Waals surface area contributed by atoms with Crippen LogP contribution in [0.1, 0.15) is 37.3 Å². The van der Waals surface area contributed by atoms with Crippen LogP contribution in [0.5, 0.6) is 0 Å². The van der Waals surface area contributed by atoms with Crippen LogP contribution < -0.4 is 10.6 Å². The van der Waals surface area contributed by atoms with Gasteiger partial charge in [0, 0.05) is 26.3 Å². The van der Waals surface area contributed by atoms with E-state index in [1.165, 1.54) is 11.1 Å². The normalized spacial score (nSPS) is 17.3. The smallest absolute Gasteiger partial charge is 0.237 e. The first-order chi connectivity index (χ1) is 10.3. The molecule has 0 aliphatic carbocycles. The lowest BCUT2D eigenvalue weighted by molar-refractivity contribution is -0.123. The van der Waals surface area contributed by atoms with Gasteiger partial charge in [-0.05, 0) is 30.4 Å². The standard InChI is InChI=1S/C17H26N2O2/c1-2-3-10-21-11-6-9-18-17(20)16-12-14-7-4-5-8-15(14)13-19-16/h4-5,7-8,16,19H,2-3,6,9-13H2,1H3,(H,18,20). The monoisotopic (exact) mass is 290 g/mol. The minimum atomic E-state index is -0.110. The molecule has 0 bridgehead atoms. The Balaban J connectivity index is 1.64. The molecular weight excluding hydrogens is 264 g/mol. The van der Waals surface area contributed by atoms with Crippen molar-refractivity contribution in [2.24, 2.45) is 0 Å². The Bertz CT molecular complexity index is 448. The average Bonchev–Trinajstić information content (AvgIpc) is 2.53. The number of hydrogen-bond donors (Lipinski definition) is 2. The van der Waals surface area contributed by atoms with Crippen LogP contribution in [0.4, 0.5) is 0 Å². The number of carbonyl (C=O) groups is 1. The molecule has 1 aromatic rings. The van der Waals surface area contributed by atoms with E-state index in [-0.39, 0.29) is 11.9 Å². The zero-order valence-electron chi connectivity index (χ0n) is 12.9. The molecule has 1 atom stereocenters. The summed E-state index contributed by atoms with van der Waals surface area (Å²) in [5.41, 5.74) is 2.57. The molecule has 0 saturated carbocycles. The summed E-state index contributed by atoms with van der Waals surface area (Å²) in [5, 5.41) is 6.29. The molecule has 1 aliphatic rings. The Morgan fingerprint density at radius 3 is 2.86 bits per heavy atom. The molecule has 0 aromatic heterocycles. The molecule has 21 heavy (non-hydrogen) atoms. The highest BCUT2D eigenvalue weighted by atomic mass is 16.5. The lowest BCUT2D eigenvalue weighted by Crippen LogP contribution is -2.47. The number of ether oxygens (including phenoxy) is 1. The van der Waals surface area contributed by atoms with Crippen molar-refractivity contribution in [2.45, 2.75) is 45.2 Å². The predicted molar refractivity (Wildman–Crippen MR) is 84.1 cm³/mol. The van der Waals surface area contributed by atoms with Crippen LogP contribution in [0.25, 0.3) is 0 Å². The number of amides is 1. The summed E-state index contributed by atoms with van der Waals surface area (Å²) in [6.07, 6.45) is 3.91. The SMILES string of the molecule is CCCCOCCCNC(=O)C1Cc2ccccc2CN1. The Hall–Kier alpha value is -1.39. The summed E-state index contributed by atoms with van der Waals surface area (Å²) < 4.78 is 5.48. The van der Waals surface area contributed by atoms with E-state index in [2.05, 4.69) is 29.7 Å². The van der Waals surface area contributed by atoms with Crippen molar-refractivity contribution < 1.29 is 9.53 Å². The molecule has 4 heteroatoms. The first kappa shape index (κ1) is 16.0. The third-order valence-electron chi connectivity index (χ3n) is 3.80. The minimum absolute atomic E-state index is 0.0954. The molecule has 0 fully saturated rings. The Kier molecular flexibility index (Phi) is 6.70. The summed E-state index contributed by atoms with van der Waals surface area (Å²) in [6.45, 7) is 5.16. The van der Waals surface area contributed by atoms with Crippen molar-refractivity contribution >= 4 is 5.91 Å². The van der Waals surface area contributed by atoms with Gasteiger partial charge in [0.2, 0.25) is 5.91 Å². The fourth-order valence-electron chi connectivity index (χ4n) is 2.50. The molecule has 0 saturated heterocycles. The molecule has 1 aliphatic heterocycles. The van der Waals surface area contributed by atoms with Crippen molar-refractivity contribution in [1.29, 1.82) is 0 Å². The Morgan fingerprint density at radius 1 is 1.29 bits per heavy atom. The number of hydrogen-bond acceptors (Lipinski definition) is 3. The van der Waals surface area contributed by atoms with E-state index >= 15 is 0 Å². The van der Waals surface area contributed by atoms with Gasteiger partial charge in [0.05, 0.1) is 6.04 Å². The quantitative estimate of drug-likeness (QED) is 0.720. The van der Waals surface area contributed by atoms with Gasteiger partial charge in [-0.2, -0.15) is 0 Å². The molecule has 2 N–H and O–H groups in total. The summed E-state index contributed by atoms with van der Waals surface area (Å²) in [7, 11) is 0. The zero-order valence-corrected chi connectivity index (χ0v) is 12.9. The second-order valence-electron chi connectivity index (χ2n) is 5.52. The van der Waals surface area contributed by atoms with Crippen LogP contribution in [0.15, 0.2) is 24.3 Å². The maximum Gasteiger partial charge on any atom is 0.237 e. The molecule has 0 radical (unpaired) electrons. The van der Waals surface area contributed by atoms with E-state index in [0.29, 0.717) is 6.54 Å². The molecule has 4 nitrogen and oxygen atoms in total. The lowest BCUT2D eigenvalue weighted by Gasteiger charge is -2.25. The Labute approximate surface area is 127 Å². The van der Waals surface area contributed by atoms with Crippen LogP contribution in [-0.2, 0) is 22.5 Å². The van der Waals surface area contributed by atoms with E-state index in [4.69, 9.17) is 4.74 Å². The molecule has 2 rings (SSSR count). The van der Waals surface area contributed by atoms with Gasteiger partial charge in [0.25, 0.3) is 0 Å². The number of carbonyl (C=O) groups excluding carboxylic acids is 1. The largest absolute Gasteiger partial charge is 0.381 e. The van der Waals surface area contributed by atoms with Crippen LogP contribution in [-0.4, -0.2) is 31.7 Å². The molecule has 0 spiro atoms. The second-order valence-corrected chi connectivity index (χ2v) is 5.52. The number of rotatable bonds is 8. The summed E-state index contributed by atoms with van der Waals surface area (Å²) in [5.74, 6) is 0.0954. The fourth-order valence-corrected chi connectivity index (χ4v) is 2.50. The number of benzene rings is 1. The first-order valence-electron chi connectivity index (χ1n) is 7.97. The van der Waals surface area contributed by atoms with E-state index < -0.39 is 0 Å². The molecule has 1 aromatic carbocycles. The molecular formula is C17H26N2O2. The van der Waals surface area contributed by atoms with E-state index in [9.17, 15) is 4.79 Å². The number of fused-ring (bicyclic) bond motifs is 1. The van der Waals surface area contributed by atoms with Crippen molar-refractivity contribution in [3.05, 3.63) is 35.4 Å². The van der Waals surface area contributed by atoms with Crippen molar-refractivity contribution in [2.75, 3.05) is 19.8 Å². The predicted octanol–water partition coefficient (Wildman–Crippen LogP) is 2.02. The highest BCUT2D eigenvalue weighted by Gasteiger charge is 2.23. The van der Waals surface area contributed by atoms with Gasteiger partial charge < -0.3 is 15.4 Å². The molecule has 1 amide bonds. The van der Waals surface area contributed by atoms with Crippen LogP contribution in [0.3, 0.4) is 0 Å². The van der Waals surface area contributed by atoms with E-state index in [1.807, 2.05) is 12.1 Å². The third kappa shape index (κ3) is 5.14. The topological polar surface area (TPSA) is 50.4 Å². The van der Waals surface area contributed by atoms with Crippen molar-refractivity contribution in [1.82, 2.24) is 10.6 Å². The number of nitrogens with one attached hydrogen (secondary N) is 2. The molecule has 116 valence electrons. The van der Waals surface area contributed by atoms with Gasteiger partial charge in [-0.25, -0.2) is 0 Å². The summed E-state index contributed by atoms with van der Waals surface area (Å²) >= 11 is 0. The zero-order chi connectivity index (χ0) is 14.9. The van der Waals surface area contributed by atoms with Gasteiger partial charge in [0.15, 0.2) is 0 Å². The van der Waals surface area contributed by atoms with Crippen LogP contribution in [0.2, 0.25) is 0 Å². The van der Waals surface area contributed by atoms with Gasteiger partial charge in [-0.3, -0.25) is 4.79 Å². The van der Waals surface area contributed by atoms with Gasteiger partial charge >= 0.3 is 0 Å². The highest BCUT2D eigenvalue weighted by Crippen LogP contribution is 2.16. The Morgan fingerprint density at radius 2 is 2.05 bits per heavy atom. The maximum atomic E-state index is 12.1. The summed E-state index contributed by atoms with van der Waals surface area (Å²) in [4.78, 5) is 12.1. The third-order valence-corrected chi connectivity index (χ3v) is 3.80. The lowest BCUT2D eigenvalue weighted by atomic mass is 9.95. The second kappa shape index (κ2) is 8.80. The van der Waals surface area contributed by atoms with Gasteiger partial charge in [-0.15, -0.1) is 0 Å². The van der Waals surface area contributed by atoms with E-state index in [1.54, 1.807) is 0 Å². The fraction of sp³-hybridized carbons (Fsp3) is 0.588. The van der Waals surface area contributed by atoms with Crippen molar-refractivity contribution in [3.63, 3.8) is 0 Å². The average molecular weight is 290 g/mol. The minimum Gasteiger partial charge on any atom is -0.381 e. The maximum absolute atomic E-state index is 12.1. The molecule has 1 unspecified atom stereocenters. The first-order valence-corrected chi connectivity index (χ1v) is 7.97. The van der Waals surface area contributed by atoms with E-state index in [0.717, 1.165) is 45.4 Å². The molecule has 1 heterocycles. The van der Waals surface area contributed by atoms with Gasteiger partial charge in [-0.1, -0.05) is 37.6 Å².